The number of amides is 1. The molecule has 0 bridgehead atoms. The molecule has 21 heavy (non-hydrogen) atoms. The van der Waals surface area contributed by atoms with Crippen LogP contribution in [0.2, 0.25) is 0 Å². The molecule has 1 N–H and O–H groups in total. The standard InChI is InChI=1S/C16H20N2O3/c19-15(8-3-9-16(20)21)18-11-12-5-4-10-17(12)13-6-1-2-7-14(13)18/h1-2,6-7,12H,3-5,8-11H2,(H,20,21)/t12-/m0/s1. The molecule has 112 valence electrons. The second kappa shape index (κ2) is 5.76. The third-order valence-electron chi connectivity index (χ3n) is 4.33. The predicted octanol–water partition coefficient (Wildman–Crippen LogP) is 2.26. The molecule has 0 saturated carbocycles. The molecule has 1 aromatic carbocycles. The Morgan fingerprint density at radius 2 is 1.95 bits per heavy atom. The number of carbonyl (C=O) groups excluding carboxylic acids is 1. The van der Waals surface area contributed by atoms with Gasteiger partial charge in [0.05, 0.1) is 11.4 Å². The van der Waals surface area contributed by atoms with E-state index in [1.165, 1.54) is 6.42 Å². The fourth-order valence-electron chi connectivity index (χ4n) is 3.35. The molecular formula is C16H20N2O3. The molecule has 2 heterocycles. The van der Waals surface area contributed by atoms with Gasteiger partial charge in [0.15, 0.2) is 0 Å². The van der Waals surface area contributed by atoms with Crippen molar-refractivity contribution in [1.82, 2.24) is 0 Å². The van der Waals surface area contributed by atoms with Crippen LogP contribution in [0.3, 0.4) is 0 Å². The van der Waals surface area contributed by atoms with E-state index < -0.39 is 5.97 Å². The zero-order valence-corrected chi connectivity index (χ0v) is 12.0. The van der Waals surface area contributed by atoms with Crippen molar-refractivity contribution in [2.75, 3.05) is 22.9 Å². The summed E-state index contributed by atoms with van der Waals surface area (Å²) in [7, 11) is 0. The van der Waals surface area contributed by atoms with Crippen molar-refractivity contribution in [2.45, 2.75) is 38.1 Å². The quantitative estimate of drug-likeness (QED) is 0.923. The lowest BCUT2D eigenvalue weighted by molar-refractivity contribution is -0.137. The van der Waals surface area contributed by atoms with E-state index in [-0.39, 0.29) is 12.3 Å². The van der Waals surface area contributed by atoms with Gasteiger partial charge >= 0.3 is 5.97 Å². The number of benzene rings is 1. The van der Waals surface area contributed by atoms with Crippen molar-refractivity contribution in [2.24, 2.45) is 0 Å². The second-order valence-electron chi connectivity index (χ2n) is 5.73. The number of rotatable bonds is 4. The number of carboxylic acids is 1. The monoisotopic (exact) mass is 288 g/mol. The first-order valence-electron chi connectivity index (χ1n) is 7.54. The molecule has 1 amide bonds. The summed E-state index contributed by atoms with van der Waals surface area (Å²) in [6.45, 7) is 1.78. The Labute approximate surface area is 124 Å². The van der Waals surface area contributed by atoms with Crippen LogP contribution in [0.15, 0.2) is 24.3 Å². The van der Waals surface area contributed by atoms with Crippen LogP contribution in [0, 0.1) is 0 Å². The van der Waals surface area contributed by atoms with Crippen LogP contribution in [0.25, 0.3) is 0 Å². The van der Waals surface area contributed by atoms with E-state index in [0.29, 0.717) is 18.9 Å². The van der Waals surface area contributed by atoms with Gasteiger partial charge in [0, 0.05) is 32.0 Å². The third-order valence-corrected chi connectivity index (χ3v) is 4.33. The summed E-state index contributed by atoms with van der Waals surface area (Å²) in [6, 6.07) is 8.42. The number of hydrogen-bond acceptors (Lipinski definition) is 3. The topological polar surface area (TPSA) is 60.9 Å². The molecule has 1 fully saturated rings. The Morgan fingerprint density at radius 3 is 2.71 bits per heavy atom. The second-order valence-corrected chi connectivity index (χ2v) is 5.73. The number of hydrogen-bond donors (Lipinski definition) is 1. The van der Waals surface area contributed by atoms with Gasteiger partial charge in [-0.1, -0.05) is 12.1 Å². The molecule has 5 nitrogen and oxygen atoms in total. The molecule has 3 rings (SSSR count). The number of aliphatic carboxylic acids is 1. The smallest absolute Gasteiger partial charge is 0.303 e. The maximum Gasteiger partial charge on any atom is 0.303 e. The maximum absolute atomic E-state index is 12.4. The van der Waals surface area contributed by atoms with Crippen LogP contribution < -0.4 is 9.80 Å². The lowest BCUT2D eigenvalue weighted by Crippen LogP contribution is -2.48. The molecular weight excluding hydrogens is 268 g/mol. The van der Waals surface area contributed by atoms with E-state index in [4.69, 9.17) is 5.11 Å². The Bertz CT molecular complexity index is 558. The highest BCUT2D eigenvalue weighted by atomic mass is 16.4. The van der Waals surface area contributed by atoms with Gasteiger partial charge in [0.1, 0.15) is 0 Å². The Morgan fingerprint density at radius 1 is 1.19 bits per heavy atom. The van der Waals surface area contributed by atoms with E-state index in [2.05, 4.69) is 11.0 Å². The lowest BCUT2D eigenvalue weighted by atomic mass is 10.1. The van der Waals surface area contributed by atoms with E-state index in [9.17, 15) is 9.59 Å². The van der Waals surface area contributed by atoms with Crippen LogP contribution in [-0.4, -0.2) is 36.1 Å². The number of nitrogens with zero attached hydrogens (tertiary/aromatic N) is 2. The summed E-state index contributed by atoms with van der Waals surface area (Å²) < 4.78 is 0. The molecule has 1 atom stereocenters. The van der Waals surface area contributed by atoms with Gasteiger partial charge in [-0.2, -0.15) is 0 Å². The number of anilines is 2. The lowest BCUT2D eigenvalue weighted by Gasteiger charge is -2.40. The number of para-hydroxylation sites is 2. The third kappa shape index (κ3) is 2.73. The predicted molar refractivity (Wildman–Crippen MR) is 80.6 cm³/mol. The molecule has 0 spiro atoms. The summed E-state index contributed by atoms with van der Waals surface area (Å²) >= 11 is 0. The fraction of sp³-hybridized carbons (Fsp3) is 0.500. The van der Waals surface area contributed by atoms with Crippen LogP contribution in [-0.2, 0) is 9.59 Å². The number of fused-ring (bicyclic) bond motifs is 3. The van der Waals surface area contributed by atoms with Crippen LogP contribution in [0.1, 0.15) is 32.1 Å². The summed E-state index contributed by atoms with van der Waals surface area (Å²) in [5.41, 5.74) is 2.11. The van der Waals surface area contributed by atoms with Crippen molar-refractivity contribution in [3.8, 4) is 0 Å². The first kappa shape index (κ1) is 13.9. The zero-order valence-electron chi connectivity index (χ0n) is 12.0. The first-order chi connectivity index (χ1) is 10.2. The summed E-state index contributed by atoms with van der Waals surface area (Å²) in [5.74, 6) is -0.806. The van der Waals surface area contributed by atoms with Crippen LogP contribution >= 0.6 is 0 Å². The number of carbonyl (C=O) groups is 2. The fourth-order valence-corrected chi connectivity index (χ4v) is 3.35. The Balaban J connectivity index is 1.78. The van der Waals surface area contributed by atoms with Gasteiger partial charge in [-0.15, -0.1) is 0 Å². The minimum Gasteiger partial charge on any atom is -0.481 e. The average molecular weight is 288 g/mol. The highest BCUT2D eigenvalue weighted by molar-refractivity contribution is 5.98. The first-order valence-corrected chi connectivity index (χ1v) is 7.54. The van der Waals surface area contributed by atoms with E-state index in [1.54, 1.807) is 0 Å². The van der Waals surface area contributed by atoms with Gasteiger partial charge < -0.3 is 14.9 Å². The SMILES string of the molecule is O=C(O)CCCC(=O)N1C[C@@H]2CCCN2c2ccccc21. The molecule has 0 aromatic heterocycles. The van der Waals surface area contributed by atoms with Crippen LogP contribution in [0.4, 0.5) is 11.4 Å². The molecule has 0 radical (unpaired) electrons. The largest absolute Gasteiger partial charge is 0.481 e. The van der Waals surface area contributed by atoms with E-state index in [1.807, 2.05) is 23.1 Å². The molecule has 0 unspecified atom stereocenters. The van der Waals surface area contributed by atoms with Crippen molar-refractivity contribution in [3.05, 3.63) is 24.3 Å². The van der Waals surface area contributed by atoms with Gasteiger partial charge in [0.25, 0.3) is 0 Å². The van der Waals surface area contributed by atoms with Crippen molar-refractivity contribution < 1.29 is 14.7 Å². The number of carboxylic acid groups (broad SMARTS) is 1. The summed E-state index contributed by atoms with van der Waals surface area (Å²) in [6.07, 6.45) is 3.04. The van der Waals surface area contributed by atoms with E-state index >= 15 is 0 Å². The van der Waals surface area contributed by atoms with Crippen molar-refractivity contribution in [1.29, 1.82) is 0 Å². The average Bonchev–Trinajstić information content (AvgIpc) is 2.94. The highest BCUT2D eigenvalue weighted by Crippen LogP contribution is 2.39. The van der Waals surface area contributed by atoms with Gasteiger partial charge in [-0.25, -0.2) is 0 Å². The molecule has 1 aromatic rings. The minimum atomic E-state index is -0.844. The highest BCUT2D eigenvalue weighted by Gasteiger charge is 2.35. The molecule has 5 heteroatoms. The van der Waals surface area contributed by atoms with Gasteiger partial charge in [0.2, 0.25) is 5.91 Å². The molecule has 2 aliphatic rings. The van der Waals surface area contributed by atoms with Gasteiger partial charge in [-0.3, -0.25) is 9.59 Å². The normalized spacial score (nSPS) is 20.1. The molecule has 2 aliphatic heterocycles. The van der Waals surface area contributed by atoms with Crippen molar-refractivity contribution in [3.63, 3.8) is 0 Å². The maximum atomic E-state index is 12.4. The van der Waals surface area contributed by atoms with Crippen LogP contribution in [0.5, 0.6) is 0 Å². The minimum absolute atomic E-state index is 0.0373. The van der Waals surface area contributed by atoms with Crippen molar-refractivity contribution >= 4 is 23.3 Å². The van der Waals surface area contributed by atoms with Gasteiger partial charge in [-0.05, 0) is 31.4 Å². The molecule has 1 saturated heterocycles. The summed E-state index contributed by atoms with van der Waals surface area (Å²) in [4.78, 5) is 27.3. The molecule has 0 aliphatic carbocycles. The zero-order chi connectivity index (χ0) is 14.8. The van der Waals surface area contributed by atoms with E-state index in [0.717, 1.165) is 30.9 Å². The Kier molecular flexibility index (Phi) is 3.82. The Hall–Kier alpha value is -2.04. The summed E-state index contributed by atoms with van der Waals surface area (Å²) in [5, 5.41) is 8.69.